The minimum Gasteiger partial charge on any atom is -0.375 e. The maximum Gasteiger partial charge on any atom is 0.0686 e. The molecular weight excluding hydrogens is 220 g/mol. The van der Waals surface area contributed by atoms with Crippen molar-refractivity contribution in [2.45, 2.75) is 78.7 Å². The zero-order valence-electron chi connectivity index (χ0n) is 13.1. The Morgan fingerprint density at radius 2 is 2.00 bits per heavy atom. The third kappa shape index (κ3) is 2.48. The van der Waals surface area contributed by atoms with Crippen LogP contribution in [0.4, 0.5) is 0 Å². The SMILES string of the molecule is CCCCC(C)(C)C1CCC2(C)OCCC2C1C. The van der Waals surface area contributed by atoms with Gasteiger partial charge in [-0.3, -0.25) is 0 Å². The summed E-state index contributed by atoms with van der Waals surface area (Å²) < 4.78 is 6.06. The van der Waals surface area contributed by atoms with Gasteiger partial charge in [-0.1, -0.05) is 40.5 Å². The van der Waals surface area contributed by atoms with Crippen LogP contribution in [0.3, 0.4) is 0 Å². The van der Waals surface area contributed by atoms with Gasteiger partial charge in [0, 0.05) is 6.61 Å². The first-order valence-electron chi connectivity index (χ1n) is 8.04. The van der Waals surface area contributed by atoms with Crippen molar-refractivity contribution in [1.82, 2.24) is 0 Å². The van der Waals surface area contributed by atoms with Crippen molar-refractivity contribution < 1.29 is 4.74 Å². The van der Waals surface area contributed by atoms with Gasteiger partial charge >= 0.3 is 0 Å². The van der Waals surface area contributed by atoms with Crippen LogP contribution in [0.1, 0.15) is 73.1 Å². The number of fused-ring (bicyclic) bond motifs is 1. The monoisotopic (exact) mass is 252 g/mol. The third-order valence-electron chi connectivity index (χ3n) is 6.04. The molecule has 18 heavy (non-hydrogen) atoms. The Bertz CT molecular complexity index is 283. The minimum absolute atomic E-state index is 0.205. The average Bonchev–Trinajstić information content (AvgIpc) is 2.69. The number of hydrogen-bond donors (Lipinski definition) is 0. The first-order valence-corrected chi connectivity index (χ1v) is 8.04. The lowest BCUT2D eigenvalue weighted by Gasteiger charge is -2.49. The van der Waals surface area contributed by atoms with E-state index in [1.54, 1.807) is 0 Å². The van der Waals surface area contributed by atoms with Crippen LogP contribution in [0.25, 0.3) is 0 Å². The molecule has 0 aromatic carbocycles. The summed E-state index contributed by atoms with van der Waals surface area (Å²) in [7, 11) is 0. The second-order valence-electron chi connectivity index (χ2n) is 7.65. The molecule has 1 heteroatoms. The molecule has 0 aromatic rings. The molecule has 1 aliphatic heterocycles. The Kier molecular flexibility index (Phi) is 4.11. The van der Waals surface area contributed by atoms with E-state index in [4.69, 9.17) is 4.74 Å². The van der Waals surface area contributed by atoms with Crippen LogP contribution >= 0.6 is 0 Å². The van der Waals surface area contributed by atoms with Gasteiger partial charge in [0.1, 0.15) is 0 Å². The summed E-state index contributed by atoms with van der Waals surface area (Å²) in [5, 5.41) is 0. The van der Waals surface area contributed by atoms with Gasteiger partial charge in [-0.15, -0.1) is 0 Å². The van der Waals surface area contributed by atoms with Crippen molar-refractivity contribution in [2.75, 3.05) is 6.61 Å². The average molecular weight is 252 g/mol. The first-order chi connectivity index (χ1) is 8.41. The van der Waals surface area contributed by atoms with Gasteiger partial charge in [0.05, 0.1) is 5.60 Å². The molecule has 106 valence electrons. The van der Waals surface area contributed by atoms with E-state index in [2.05, 4.69) is 34.6 Å². The van der Waals surface area contributed by atoms with E-state index in [9.17, 15) is 0 Å². The van der Waals surface area contributed by atoms with Gasteiger partial charge in [0.25, 0.3) is 0 Å². The van der Waals surface area contributed by atoms with E-state index < -0.39 is 0 Å². The summed E-state index contributed by atoms with van der Waals surface area (Å²) in [6, 6.07) is 0. The quantitative estimate of drug-likeness (QED) is 0.680. The van der Waals surface area contributed by atoms with E-state index in [-0.39, 0.29) is 5.60 Å². The molecule has 0 radical (unpaired) electrons. The highest BCUT2D eigenvalue weighted by atomic mass is 16.5. The van der Waals surface area contributed by atoms with E-state index in [1.165, 1.54) is 38.5 Å². The number of rotatable bonds is 4. The molecule has 4 unspecified atom stereocenters. The molecular formula is C17H32O. The van der Waals surface area contributed by atoms with E-state index in [0.29, 0.717) is 5.41 Å². The molecule has 4 atom stereocenters. The predicted octanol–water partition coefficient (Wildman–Crippen LogP) is 5.04. The number of hydrogen-bond acceptors (Lipinski definition) is 1. The smallest absolute Gasteiger partial charge is 0.0686 e. The Morgan fingerprint density at radius 1 is 1.28 bits per heavy atom. The second-order valence-corrected chi connectivity index (χ2v) is 7.65. The maximum absolute atomic E-state index is 6.06. The van der Waals surface area contributed by atoms with Crippen LogP contribution in [-0.4, -0.2) is 12.2 Å². The molecule has 1 saturated carbocycles. The topological polar surface area (TPSA) is 9.23 Å². The van der Waals surface area contributed by atoms with Gasteiger partial charge in [0.2, 0.25) is 0 Å². The molecule has 2 fully saturated rings. The van der Waals surface area contributed by atoms with Crippen molar-refractivity contribution in [3.05, 3.63) is 0 Å². The Balaban J connectivity index is 2.07. The van der Waals surface area contributed by atoms with Crippen molar-refractivity contribution >= 4 is 0 Å². The molecule has 0 amide bonds. The summed E-state index contributed by atoms with van der Waals surface area (Å²) in [6.07, 6.45) is 8.04. The summed E-state index contributed by atoms with van der Waals surface area (Å²) in [5.41, 5.74) is 0.718. The van der Waals surface area contributed by atoms with Crippen LogP contribution in [0, 0.1) is 23.2 Å². The normalized spacial score (nSPS) is 40.8. The third-order valence-corrected chi connectivity index (χ3v) is 6.04. The number of ether oxygens (including phenoxy) is 1. The van der Waals surface area contributed by atoms with Crippen molar-refractivity contribution in [3.8, 4) is 0 Å². The summed E-state index contributed by atoms with van der Waals surface area (Å²) >= 11 is 0. The molecule has 0 spiro atoms. The zero-order valence-corrected chi connectivity index (χ0v) is 13.1. The minimum atomic E-state index is 0.205. The Morgan fingerprint density at radius 3 is 2.67 bits per heavy atom. The van der Waals surface area contributed by atoms with Crippen molar-refractivity contribution in [1.29, 1.82) is 0 Å². The van der Waals surface area contributed by atoms with Crippen LogP contribution in [0.2, 0.25) is 0 Å². The summed E-state index contributed by atoms with van der Waals surface area (Å²) in [6.45, 7) is 13.2. The fourth-order valence-electron chi connectivity index (χ4n) is 4.81. The van der Waals surface area contributed by atoms with Crippen molar-refractivity contribution in [2.24, 2.45) is 23.2 Å². The van der Waals surface area contributed by atoms with E-state index in [1.807, 2.05) is 0 Å². The maximum atomic E-state index is 6.06. The highest BCUT2D eigenvalue weighted by molar-refractivity contribution is 5.00. The van der Waals surface area contributed by atoms with E-state index in [0.717, 1.165) is 24.4 Å². The Labute approximate surface area is 114 Å². The molecule has 2 aliphatic rings. The number of unbranched alkanes of at least 4 members (excludes halogenated alkanes) is 1. The molecule has 0 aromatic heterocycles. The molecule has 1 aliphatic carbocycles. The highest BCUT2D eigenvalue weighted by Gasteiger charge is 2.51. The summed E-state index contributed by atoms with van der Waals surface area (Å²) in [5.74, 6) is 2.53. The molecule has 0 bridgehead atoms. The fourth-order valence-corrected chi connectivity index (χ4v) is 4.81. The first kappa shape index (κ1) is 14.4. The molecule has 0 N–H and O–H groups in total. The van der Waals surface area contributed by atoms with Crippen LogP contribution < -0.4 is 0 Å². The second kappa shape index (κ2) is 5.15. The van der Waals surface area contributed by atoms with Crippen LogP contribution in [-0.2, 0) is 4.74 Å². The van der Waals surface area contributed by atoms with Gasteiger partial charge in [-0.2, -0.15) is 0 Å². The van der Waals surface area contributed by atoms with Crippen LogP contribution in [0.5, 0.6) is 0 Å². The Hall–Kier alpha value is -0.0400. The van der Waals surface area contributed by atoms with Gasteiger partial charge in [-0.25, -0.2) is 0 Å². The molecule has 2 rings (SSSR count). The fraction of sp³-hybridized carbons (Fsp3) is 1.00. The largest absolute Gasteiger partial charge is 0.375 e. The molecule has 1 nitrogen and oxygen atoms in total. The van der Waals surface area contributed by atoms with Crippen molar-refractivity contribution in [3.63, 3.8) is 0 Å². The molecule has 1 saturated heterocycles. The van der Waals surface area contributed by atoms with E-state index >= 15 is 0 Å². The highest BCUT2D eigenvalue weighted by Crippen LogP contribution is 2.54. The lowest BCUT2D eigenvalue weighted by molar-refractivity contribution is -0.0819. The standard InChI is InChI=1S/C17H32O/c1-6-7-10-16(3,4)14-8-11-17(5)15(13(14)2)9-12-18-17/h13-15H,6-12H2,1-5H3. The van der Waals surface area contributed by atoms with Crippen LogP contribution in [0.15, 0.2) is 0 Å². The van der Waals surface area contributed by atoms with Gasteiger partial charge < -0.3 is 4.74 Å². The van der Waals surface area contributed by atoms with Gasteiger partial charge in [-0.05, 0) is 55.8 Å². The zero-order chi connectivity index (χ0) is 13.4. The summed E-state index contributed by atoms with van der Waals surface area (Å²) in [4.78, 5) is 0. The predicted molar refractivity (Wildman–Crippen MR) is 77.7 cm³/mol. The molecule has 1 heterocycles. The van der Waals surface area contributed by atoms with Gasteiger partial charge in [0.15, 0.2) is 0 Å². The lowest BCUT2D eigenvalue weighted by Crippen LogP contribution is -2.46. The lowest BCUT2D eigenvalue weighted by atomic mass is 9.57.